The van der Waals surface area contributed by atoms with E-state index in [1.165, 1.54) is 5.57 Å². The molecule has 2 aromatic heterocycles. The van der Waals surface area contributed by atoms with E-state index >= 15 is 0 Å². The minimum absolute atomic E-state index is 0.0125. The Morgan fingerprint density at radius 3 is 2.96 bits per heavy atom. The van der Waals surface area contributed by atoms with Gasteiger partial charge in [-0.05, 0) is 23.6 Å². The van der Waals surface area contributed by atoms with Crippen molar-refractivity contribution in [2.45, 2.75) is 13.0 Å². The van der Waals surface area contributed by atoms with Crippen LogP contribution in [0.1, 0.15) is 17.7 Å². The van der Waals surface area contributed by atoms with Crippen LogP contribution in [0.15, 0.2) is 42.7 Å². The first-order chi connectivity index (χ1) is 11.4. The third-order valence-electron chi connectivity index (χ3n) is 4.18. The summed E-state index contributed by atoms with van der Waals surface area (Å²) in [6.45, 7) is 1.38. The van der Waals surface area contributed by atoms with Crippen LogP contribution in [-0.2, 0) is 11.3 Å². The predicted molar refractivity (Wildman–Crippen MR) is 88.7 cm³/mol. The second-order valence-electron chi connectivity index (χ2n) is 5.54. The number of benzene rings is 1. The first-order valence-electron chi connectivity index (χ1n) is 7.67. The first kappa shape index (κ1) is 14.1. The lowest BCUT2D eigenvalue weighted by atomic mass is 10.0. The standard InChI is InChI=1S/C18H17N3O2/c22-10-13-3-1-2-4-14(13)17-15-9-16(12-5-7-23-8-6-12)21-18(15)20-11-19-17/h1-5,9,11,22H,6-8,10H2,(H,19,20,21). The molecule has 1 aliphatic heterocycles. The maximum Gasteiger partial charge on any atom is 0.141 e. The van der Waals surface area contributed by atoms with Crippen molar-refractivity contribution in [3.05, 3.63) is 54.0 Å². The van der Waals surface area contributed by atoms with E-state index in [1.54, 1.807) is 6.33 Å². The average molecular weight is 307 g/mol. The number of aliphatic hydroxyl groups excluding tert-OH is 1. The number of fused-ring (bicyclic) bond motifs is 1. The van der Waals surface area contributed by atoms with Crippen molar-refractivity contribution in [1.82, 2.24) is 15.0 Å². The van der Waals surface area contributed by atoms with Gasteiger partial charge in [-0.2, -0.15) is 0 Å². The molecule has 3 aromatic rings. The summed E-state index contributed by atoms with van der Waals surface area (Å²) in [7, 11) is 0. The van der Waals surface area contributed by atoms with Gasteiger partial charge in [-0.15, -0.1) is 0 Å². The van der Waals surface area contributed by atoms with Crippen molar-refractivity contribution in [1.29, 1.82) is 0 Å². The highest BCUT2D eigenvalue weighted by molar-refractivity contribution is 5.94. The Labute approximate surface area is 133 Å². The highest BCUT2D eigenvalue weighted by Gasteiger charge is 2.15. The number of aromatic amines is 1. The van der Waals surface area contributed by atoms with E-state index in [1.807, 2.05) is 24.3 Å². The quantitative estimate of drug-likeness (QED) is 0.780. The van der Waals surface area contributed by atoms with Crippen molar-refractivity contribution >= 4 is 16.6 Å². The number of aromatic nitrogens is 3. The Morgan fingerprint density at radius 2 is 2.13 bits per heavy atom. The molecule has 116 valence electrons. The van der Waals surface area contributed by atoms with Gasteiger partial charge < -0.3 is 14.8 Å². The van der Waals surface area contributed by atoms with Gasteiger partial charge in [0.15, 0.2) is 0 Å². The molecule has 2 N–H and O–H groups in total. The fourth-order valence-corrected chi connectivity index (χ4v) is 2.99. The van der Waals surface area contributed by atoms with Gasteiger partial charge in [-0.25, -0.2) is 9.97 Å². The van der Waals surface area contributed by atoms with Crippen LogP contribution in [0.25, 0.3) is 27.9 Å². The van der Waals surface area contributed by atoms with Gasteiger partial charge in [0.2, 0.25) is 0 Å². The monoisotopic (exact) mass is 307 g/mol. The van der Waals surface area contributed by atoms with Crippen LogP contribution in [0.2, 0.25) is 0 Å². The van der Waals surface area contributed by atoms with Crippen molar-refractivity contribution in [3.63, 3.8) is 0 Å². The molecule has 0 bridgehead atoms. The molecule has 3 heterocycles. The lowest BCUT2D eigenvalue weighted by Gasteiger charge is -2.11. The number of rotatable bonds is 3. The lowest BCUT2D eigenvalue weighted by molar-refractivity contribution is 0.161. The van der Waals surface area contributed by atoms with E-state index in [2.05, 4.69) is 27.1 Å². The van der Waals surface area contributed by atoms with Gasteiger partial charge in [0, 0.05) is 16.6 Å². The minimum atomic E-state index is -0.0125. The SMILES string of the molecule is OCc1ccccc1-c1ncnc2[nH]c(C3=CCOCC3)cc12. The van der Waals surface area contributed by atoms with E-state index < -0.39 is 0 Å². The molecule has 1 aliphatic rings. The average Bonchev–Trinajstić information content (AvgIpc) is 3.07. The topological polar surface area (TPSA) is 71.0 Å². The lowest BCUT2D eigenvalue weighted by Crippen LogP contribution is -2.03. The van der Waals surface area contributed by atoms with Crippen LogP contribution < -0.4 is 0 Å². The van der Waals surface area contributed by atoms with Crippen molar-refractivity contribution in [2.75, 3.05) is 13.2 Å². The predicted octanol–water partition coefficient (Wildman–Crippen LogP) is 2.92. The molecular weight excluding hydrogens is 290 g/mol. The normalized spacial score (nSPS) is 14.9. The molecule has 0 saturated heterocycles. The molecule has 5 heteroatoms. The Morgan fingerprint density at radius 1 is 1.22 bits per heavy atom. The number of aliphatic hydroxyl groups is 1. The Bertz CT molecular complexity index is 883. The molecule has 1 aromatic carbocycles. The fraction of sp³-hybridized carbons (Fsp3) is 0.222. The summed E-state index contributed by atoms with van der Waals surface area (Å²) in [5, 5.41) is 10.6. The van der Waals surface area contributed by atoms with E-state index in [4.69, 9.17) is 4.74 Å². The maximum absolute atomic E-state index is 9.59. The van der Waals surface area contributed by atoms with Crippen molar-refractivity contribution < 1.29 is 9.84 Å². The largest absolute Gasteiger partial charge is 0.392 e. The molecular formula is C18H17N3O2. The molecule has 4 rings (SSSR count). The molecule has 0 fully saturated rings. The third-order valence-corrected chi connectivity index (χ3v) is 4.18. The second kappa shape index (κ2) is 5.95. The van der Waals surface area contributed by atoms with Gasteiger partial charge >= 0.3 is 0 Å². The number of H-pyrrole nitrogens is 1. The number of ether oxygens (including phenoxy) is 1. The summed E-state index contributed by atoms with van der Waals surface area (Å²) in [5.74, 6) is 0. The maximum atomic E-state index is 9.59. The van der Waals surface area contributed by atoms with Gasteiger partial charge in [-0.1, -0.05) is 30.3 Å². The third kappa shape index (κ3) is 2.54. The van der Waals surface area contributed by atoms with Gasteiger partial charge in [0.25, 0.3) is 0 Å². The zero-order chi connectivity index (χ0) is 15.6. The van der Waals surface area contributed by atoms with E-state index in [-0.39, 0.29) is 6.61 Å². The summed E-state index contributed by atoms with van der Waals surface area (Å²) in [4.78, 5) is 12.2. The molecule has 0 aliphatic carbocycles. The number of hydrogen-bond donors (Lipinski definition) is 2. The summed E-state index contributed by atoms with van der Waals surface area (Å²) in [5.41, 5.74) is 5.76. The molecule has 0 radical (unpaired) electrons. The fourth-order valence-electron chi connectivity index (χ4n) is 2.99. The zero-order valence-electron chi connectivity index (χ0n) is 12.6. The molecule has 5 nitrogen and oxygen atoms in total. The summed E-state index contributed by atoms with van der Waals surface area (Å²) in [6, 6.07) is 9.86. The molecule has 0 atom stereocenters. The van der Waals surface area contributed by atoms with E-state index in [0.717, 1.165) is 46.6 Å². The number of hydrogen-bond acceptors (Lipinski definition) is 4. The highest BCUT2D eigenvalue weighted by atomic mass is 16.5. The first-order valence-corrected chi connectivity index (χ1v) is 7.67. The van der Waals surface area contributed by atoms with Crippen LogP contribution in [-0.4, -0.2) is 33.3 Å². The van der Waals surface area contributed by atoms with E-state index in [9.17, 15) is 5.11 Å². The van der Waals surface area contributed by atoms with Gasteiger partial charge in [-0.3, -0.25) is 0 Å². The summed E-state index contributed by atoms with van der Waals surface area (Å²) >= 11 is 0. The van der Waals surface area contributed by atoms with Crippen LogP contribution in [0.5, 0.6) is 0 Å². The van der Waals surface area contributed by atoms with Crippen LogP contribution in [0.3, 0.4) is 0 Å². The summed E-state index contributed by atoms with van der Waals surface area (Å²) < 4.78 is 5.37. The molecule has 0 amide bonds. The van der Waals surface area contributed by atoms with Crippen LogP contribution in [0.4, 0.5) is 0 Å². The molecule has 0 unspecified atom stereocenters. The highest BCUT2D eigenvalue weighted by Crippen LogP contribution is 2.31. The number of nitrogens with zero attached hydrogens (tertiary/aromatic N) is 2. The smallest absolute Gasteiger partial charge is 0.141 e. The molecule has 0 spiro atoms. The van der Waals surface area contributed by atoms with Crippen molar-refractivity contribution in [3.8, 4) is 11.3 Å². The van der Waals surface area contributed by atoms with E-state index in [0.29, 0.717) is 6.61 Å². The summed E-state index contributed by atoms with van der Waals surface area (Å²) in [6.07, 6.45) is 4.55. The Kier molecular flexibility index (Phi) is 3.65. The molecule has 23 heavy (non-hydrogen) atoms. The second-order valence-corrected chi connectivity index (χ2v) is 5.54. The molecule has 0 saturated carbocycles. The van der Waals surface area contributed by atoms with Gasteiger partial charge in [0.05, 0.1) is 25.5 Å². The van der Waals surface area contributed by atoms with Gasteiger partial charge in [0.1, 0.15) is 12.0 Å². The zero-order valence-corrected chi connectivity index (χ0v) is 12.6. The number of nitrogens with one attached hydrogen (secondary N) is 1. The minimum Gasteiger partial charge on any atom is -0.392 e. The van der Waals surface area contributed by atoms with Crippen molar-refractivity contribution in [2.24, 2.45) is 0 Å². The van der Waals surface area contributed by atoms with Crippen LogP contribution >= 0.6 is 0 Å². The Hall–Kier alpha value is -2.50. The Balaban J connectivity index is 1.88. The van der Waals surface area contributed by atoms with Crippen LogP contribution in [0, 0.1) is 0 Å².